The maximum atomic E-state index is 9.54. The fourth-order valence-electron chi connectivity index (χ4n) is 1.84. The quantitative estimate of drug-likeness (QED) is 0.752. The monoisotopic (exact) mass is 180 g/mol. The van der Waals surface area contributed by atoms with Crippen molar-refractivity contribution >= 4 is 0 Å². The summed E-state index contributed by atoms with van der Waals surface area (Å²) in [5, 5.41) is 9.54. The summed E-state index contributed by atoms with van der Waals surface area (Å²) < 4.78 is 2.12. The lowest BCUT2D eigenvalue weighted by atomic mass is 9.88. The van der Waals surface area contributed by atoms with Crippen molar-refractivity contribution in [3.8, 4) is 0 Å². The first-order valence-electron chi connectivity index (χ1n) is 4.91. The largest absolute Gasteiger partial charge is 0.391 e. The van der Waals surface area contributed by atoms with Gasteiger partial charge in [0.1, 0.15) is 5.82 Å². The highest BCUT2D eigenvalue weighted by Gasteiger charge is 2.31. The van der Waals surface area contributed by atoms with Crippen LogP contribution in [0.4, 0.5) is 0 Å². The summed E-state index contributed by atoms with van der Waals surface area (Å²) in [6, 6.07) is 0.278. The third-order valence-corrected chi connectivity index (χ3v) is 2.77. The van der Waals surface area contributed by atoms with Crippen LogP contribution in [0, 0.1) is 0 Å². The molecule has 2 atom stereocenters. The molecular weight excluding hydrogens is 164 g/mol. The molecule has 3 heteroatoms. The smallest absolute Gasteiger partial charge is 0.111 e. The average Bonchev–Trinajstić information content (AvgIpc) is 2.50. The van der Waals surface area contributed by atoms with Gasteiger partial charge in [-0.3, -0.25) is 0 Å². The first kappa shape index (κ1) is 8.75. The molecule has 0 amide bonds. The van der Waals surface area contributed by atoms with Crippen molar-refractivity contribution in [2.75, 3.05) is 0 Å². The summed E-state index contributed by atoms with van der Waals surface area (Å²) in [7, 11) is 0. The molecule has 0 aromatic carbocycles. The van der Waals surface area contributed by atoms with Crippen molar-refractivity contribution in [1.82, 2.24) is 9.55 Å². The second kappa shape index (κ2) is 3.14. The van der Waals surface area contributed by atoms with E-state index < -0.39 is 0 Å². The zero-order valence-electron chi connectivity index (χ0n) is 8.14. The highest BCUT2D eigenvalue weighted by molar-refractivity contribution is 5.03. The lowest BCUT2D eigenvalue weighted by molar-refractivity contribution is 0.0299. The third-order valence-electron chi connectivity index (χ3n) is 2.77. The molecule has 1 heterocycles. The second-order valence-corrected chi connectivity index (χ2v) is 4.06. The fraction of sp³-hybridized carbons (Fsp3) is 0.700. The van der Waals surface area contributed by atoms with E-state index in [1.807, 2.05) is 12.4 Å². The van der Waals surface area contributed by atoms with E-state index in [9.17, 15) is 5.11 Å². The molecule has 1 saturated carbocycles. The molecule has 2 rings (SSSR count). The lowest BCUT2D eigenvalue weighted by Gasteiger charge is -2.34. The van der Waals surface area contributed by atoms with Crippen LogP contribution in [0.1, 0.15) is 44.5 Å². The zero-order valence-corrected chi connectivity index (χ0v) is 8.14. The number of aromatic nitrogens is 2. The number of nitrogens with zero attached hydrogens (tertiary/aromatic N) is 2. The molecule has 1 aliphatic carbocycles. The van der Waals surface area contributed by atoms with Gasteiger partial charge in [-0.1, -0.05) is 13.8 Å². The second-order valence-electron chi connectivity index (χ2n) is 4.06. The van der Waals surface area contributed by atoms with Gasteiger partial charge in [-0.2, -0.15) is 0 Å². The topological polar surface area (TPSA) is 38.0 Å². The van der Waals surface area contributed by atoms with E-state index in [0.29, 0.717) is 5.92 Å². The highest BCUT2D eigenvalue weighted by atomic mass is 16.3. The number of aliphatic hydroxyl groups excluding tert-OH is 1. The van der Waals surface area contributed by atoms with E-state index in [1.54, 1.807) is 0 Å². The maximum absolute atomic E-state index is 9.54. The predicted octanol–water partition coefficient (Wildman–Crippen LogP) is 1.70. The Kier molecular flexibility index (Phi) is 2.12. The Labute approximate surface area is 78.4 Å². The standard InChI is InChI=1S/C10H16N2O/c1-7(2)10-11-5-6-12(10)8-3-4-9(8)13/h5-9,13H,3-4H2,1-2H3/t8-,9-/m1/s1. The third kappa shape index (κ3) is 1.37. The Morgan fingerprint density at radius 1 is 1.54 bits per heavy atom. The number of imidazole rings is 1. The minimum absolute atomic E-state index is 0.160. The van der Waals surface area contributed by atoms with Crippen LogP contribution in [0.2, 0.25) is 0 Å². The molecule has 0 bridgehead atoms. The summed E-state index contributed by atoms with van der Waals surface area (Å²) >= 11 is 0. The Balaban J connectivity index is 2.24. The number of hydrogen-bond acceptors (Lipinski definition) is 2. The van der Waals surface area contributed by atoms with Gasteiger partial charge < -0.3 is 9.67 Å². The van der Waals surface area contributed by atoms with Crippen LogP contribution in [0.15, 0.2) is 12.4 Å². The van der Waals surface area contributed by atoms with Gasteiger partial charge in [-0.15, -0.1) is 0 Å². The molecule has 3 nitrogen and oxygen atoms in total. The van der Waals surface area contributed by atoms with Gasteiger partial charge in [0.15, 0.2) is 0 Å². The van der Waals surface area contributed by atoms with Gasteiger partial charge >= 0.3 is 0 Å². The zero-order chi connectivity index (χ0) is 9.42. The molecule has 0 radical (unpaired) electrons. The van der Waals surface area contributed by atoms with Crippen LogP contribution in [0.5, 0.6) is 0 Å². The number of rotatable bonds is 2. The fourth-order valence-corrected chi connectivity index (χ4v) is 1.84. The highest BCUT2D eigenvalue weighted by Crippen LogP contribution is 2.34. The van der Waals surface area contributed by atoms with Gasteiger partial charge in [0.05, 0.1) is 12.1 Å². The van der Waals surface area contributed by atoms with Crippen LogP contribution in [0.25, 0.3) is 0 Å². The van der Waals surface area contributed by atoms with Crippen LogP contribution in [-0.4, -0.2) is 20.8 Å². The molecule has 0 saturated heterocycles. The van der Waals surface area contributed by atoms with E-state index in [0.717, 1.165) is 18.7 Å². The van der Waals surface area contributed by atoms with Gasteiger partial charge in [-0.25, -0.2) is 4.98 Å². The molecule has 1 aliphatic rings. The molecule has 1 aromatic heterocycles. The molecular formula is C10H16N2O. The lowest BCUT2D eigenvalue weighted by Crippen LogP contribution is -2.34. The molecule has 72 valence electrons. The first-order valence-corrected chi connectivity index (χ1v) is 4.91. The van der Waals surface area contributed by atoms with Gasteiger partial charge in [0.2, 0.25) is 0 Å². The van der Waals surface area contributed by atoms with E-state index in [-0.39, 0.29) is 12.1 Å². The van der Waals surface area contributed by atoms with Crippen LogP contribution >= 0.6 is 0 Å². The van der Waals surface area contributed by atoms with Gasteiger partial charge in [0, 0.05) is 18.3 Å². The normalized spacial score (nSPS) is 27.7. The Morgan fingerprint density at radius 2 is 2.31 bits per heavy atom. The molecule has 0 spiro atoms. The Bertz CT molecular complexity index is 293. The summed E-state index contributed by atoms with van der Waals surface area (Å²) in [6.07, 6.45) is 5.65. The van der Waals surface area contributed by atoms with E-state index in [1.165, 1.54) is 0 Å². The molecule has 0 aliphatic heterocycles. The summed E-state index contributed by atoms with van der Waals surface area (Å²) in [6.45, 7) is 4.26. The van der Waals surface area contributed by atoms with Crippen LogP contribution in [0.3, 0.4) is 0 Å². The molecule has 1 aromatic rings. The predicted molar refractivity (Wildman–Crippen MR) is 50.6 cm³/mol. The SMILES string of the molecule is CC(C)c1nccn1[C@@H]1CC[C@H]1O. The number of aliphatic hydroxyl groups is 1. The van der Waals surface area contributed by atoms with Crippen molar-refractivity contribution in [2.45, 2.75) is 44.8 Å². The van der Waals surface area contributed by atoms with E-state index in [2.05, 4.69) is 23.4 Å². The minimum atomic E-state index is -0.160. The summed E-state index contributed by atoms with van der Waals surface area (Å²) in [4.78, 5) is 4.30. The first-order chi connectivity index (χ1) is 6.20. The van der Waals surface area contributed by atoms with Gasteiger partial charge in [0.25, 0.3) is 0 Å². The molecule has 1 fully saturated rings. The van der Waals surface area contributed by atoms with Crippen molar-refractivity contribution in [3.05, 3.63) is 18.2 Å². The minimum Gasteiger partial charge on any atom is -0.391 e. The summed E-state index contributed by atoms with van der Waals surface area (Å²) in [5.74, 6) is 1.52. The van der Waals surface area contributed by atoms with Crippen molar-refractivity contribution in [3.63, 3.8) is 0 Å². The van der Waals surface area contributed by atoms with Crippen molar-refractivity contribution in [2.24, 2.45) is 0 Å². The number of hydrogen-bond donors (Lipinski definition) is 1. The Morgan fingerprint density at radius 3 is 2.77 bits per heavy atom. The molecule has 1 N–H and O–H groups in total. The van der Waals surface area contributed by atoms with Crippen LogP contribution < -0.4 is 0 Å². The maximum Gasteiger partial charge on any atom is 0.111 e. The average molecular weight is 180 g/mol. The van der Waals surface area contributed by atoms with Crippen molar-refractivity contribution < 1.29 is 5.11 Å². The summed E-state index contributed by atoms with van der Waals surface area (Å²) in [5.41, 5.74) is 0. The Hall–Kier alpha value is -0.830. The van der Waals surface area contributed by atoms with Crippen LogP contribution in [-0.2, 0) is 0 Å². The molecule has 13 heavy (non-hydrogen) atoms. The molecule has 0 unspecified atom stereocenters. The van der Waals surface area contributed by atoms with Crippen molar-refractivity contribution in [1.29, 1.82) is 0 Å². The van der Waals surface area contributed by atoms with E-state index >= 15 is 0 Å². The van der Waals surface area contributed by atoms with Gasteiger partial charge in [-0.05, 0) is 12.8 Å². The van der Waals surface area contributed by atoms with E-state index in [4.69, 9.17) is 0 Å².